The van der Waals surface area contributed by atoms with Crippen molar-refractivity contribution in [2.24, 2.45) is 0 Å². The Morgan fingerprint density at radius 2 is 1.71 bits per heavy atom. The van der Waals surface area contributed by atoms with E-state index in [0.717, 1.165) is 13.0 Å². The van der Waals surface area contributed by atoms with Crippen LogP contribution in [0.15, 0.2) is 67.0 Å². The van der Waals surface area contributed by atoms with Crippen LogP contribution < -0.4 is 5.32 Å². The lowest BCUT2D eigenvalue weighted by molar-refractivity contribution is 0.601. The van der Waals surface area contributed by atoms with Crippen LogP contribution in [0.2, 0.25) is 0 Å². The van der Waals surface area contributed by atoms with Crippen LogP contribution in [0.3, 0.4) is 0 Å². The van der Waals surface area contributed by atoms with Crippen molar-refractivity contribution >= 4 is 10.8 Å². The van der Waals surface area contributed by atoms with Crippen molar-refractivity contribution in [2.45, 2.75) is 19.4 Å². The minimum atomic E-state index is 0.207. The third-order valence-corrected chi connectivity index (χ3v) is 3.77. The first-order chi connectivity index (χ1) is 10.4. The molecule has 0 aliphatic rings. The number of benzene rings is 2. The van der Waals surface area contributed by atoms with Gasteiger partial charge in [0.15, 0.2) is 0 Å². The Labute approximate surface area is 125 Å². The van der Waals surface area contributed by atoms with E-state index in [4.69, 9.17) is 0 Å². The van der Waals surface area contributed by atoms with Gasteiger partial charge in [0, 0.05) is 12.4 Å². The Morgan fingerprint density at radius 3 is 2.52 bits per heavy atom. The molecule has 21 heavy (non-hydrogen) atoms. The van der Waals surface area contributed by atoms with Crippen LogP contribution in [-0.2, 0) is 0 Å². The van der Waals surface area contributed by atoms with Crippen molar-refractivity contribution in [2.75, 3.05) is 6.54 Å². The molecule has 1 N–H and O–H groups in total. The Kier molecular flexibility index (Phi) is 4.27. The van der Waals surface area contributed by atoms with Gasteiger partial charge in [-0.3, -0.25) is 4.98 Å². The molecule has 2 heteroatoms. The molecule has 1 aromatic heterocycles. The third kappa shape index (κ3) is 2.96. The van der Waals surface area contributed by atoms with Crippen LogP contribution in [0.4, 0.5) is 0 Å². The average molecular weight is 276 g/mol. The van der Waals surface area contributed by atoms with E-state index in [2.05, 4.69) is 71.8 Å². The summed E-state index contributed by atoms with van der Waals surface area (Å²) in [5.41, 5.74) is 2.59. The number of hydrogen-bond acceptors (Lipinski definition) is 2. The summed E-state index contributed by atoms with van der Waals surface area (Å²) in [5, 5.41) is 6.26. The number of aromatic nitrogens is 1. The van der Waals surface area contributed by atoms with Crippen LogP contribution >= 0.6 is 0 Å². The minimum absolute atomic E-state index is 0.207. The molecule has 3 aromatic rings. The van der Waals surface area contributed by atoms with Gasteiger partial charge in [0.2, 0.25) is 0 Å². The molecule has 2 nitrogen and oxygen atoms in total. The number of nitrogens with one attached hydrogen (secondary N) is 1. The van der Waals surface area contributed by atoms with Crippen molar-refractivity contribution in [1.29, 1.82) is 0 Å². The molecule has 1 atom stereocenters. The van der Waals surface area contributed by atoms with Gasteiger partial charge in [0.25, 0.3) is 0 Å². The lowest BCUT2D eigenvalue weighted by Crippen LogP contribution is -2.23. The summed E-state index contributed by atoms with van der Waals surface area (Å²) in [6.07, 6.45) is 4.84. The maximum absolute atomic E-state index is 4.14. The van der Waals surface area contributed by atoms with Crippen LogP contribution in [0.5, 0.6) is 0 Å². The van der Waals surface area contributed by atoms with E-state index in [0.29, 0.717) is 0 Å². The largest absolute Gasteiger partial charge is 0.306 e. The summed E-state index contributed by atoms with van der Waals surface area (Å²) in [4.78, 5) is 4.14. The van der Waals surface area contributed by atoms with Gasteiger partial charge in [-0.2, -0.15) is 0 Å². The van der Waals surface area contributed by atoms with Crippen molar-refractivity contribution in [3.05, 3.63) is 78.1 Å². The molecule has 3 rings (SSSR count). The smallest absolute Gasteiger partial charge is 0.0583 e. The normalized spacial score (nSPS) is 12.4. The second-order valence-corrected chi connectivity index (χ2v) is 5.24. The standard InChI is InChI=1S/C19H20N2/c1-2-12-21-19(16-10-13-20-14-11-16)18-9-5-7-15-6-3-4-8-17(15)18/h3-11,13-14,19,21H,2,12H2,1H3. The van der Waals surface area contributed by atoms with E-state index < -0.39 is 0 Å². The quantitative estimate of drug-likeness (QED) is 0.750. The molecule has 106 valence electrons. The molecule has 0 radical (unpaired) electrons. The summed E-state index contributed by atoms with van der Waals surface area (Å²) in [7, 11) is 0. The fraction of sp³-hybridized carbons (Fsp3) is 0.211. The monoisotopic (exact) mass is 276 g/mol. The molecule has 0 spiro atoms. The zero-order valence-corrected chi connectivity index (χ0v) is 12.3. The Bertz CT molecular complexity index is 702. The summed E-state index contributed by atoms with van der Waals surface area (Å²) < 4.78 is 0. The highest BCUT2D eigenvalue weighted by molar-refractivity contribution is 5.86. The van der Waals surface area contributed by atoms with E-state index >= 15 is 0 Å². The molecule has 0 saturated heterocycles. The Hall–Kier alpha value is -2.19. The highest BCUT2D eigenvalue weighted by atomic mass is 14.9. The fourth-order valence-corrected chi connectivity index (χ4v) is 2.75. The zero-order valence-electron chi connectivity index (χ0n) is 12.3. The molecule has 0 saturated carbocycles. The van der Waals surface area contributed by atoms with Crippen molar-refractivity contribution in [3.63, 3.8) is 0 Å². The highest BCUT2D eigenvalue weighted by Crippen LogP contribution is 2.28. The fourth-order valence-electron chi connectivity index (χ4n) is 2.75. The number of hydrogen-bond donors (Lipinski definition) is 1. The number of pyridine rings is 1. The van der Waals surface area contributed by atoms with E-state index in [1.54, 1.807) is 0 Å². The van der Waals surface area contributed by atoms with Gasteiger partial charge in [0.05, 0.1) is 6.04 Å². The van der Waals surface area contributed by atoms with Gasteiger partial charge in [-0.25, -0.2) is 0 Å². The van der Waals surface area contributed by atoms with Gasteiger partial charge < -0.3 is 5.32 Å². The highest BCUT2D eigenvalue weighted by Gasteiger charge is 2.15. The van der Waals surface area contributed by atoms with Crippen molar-refractivity contribution in [3.8, 4) is 0 Å². The van der Waals surface area contributed by atoms with Crippen LogP contribution in [-0.4, -0.2) is 11.5 Å². The van der Waals surface area contributed by atoms with Crippen LogP contribution in [0.1, 0.15) is 30.5 Å². The van der Waals surface area contributed by atoms with Gasteiger partial charge in [-0.05, 0) is 47.0 Å². The molecule has 0 amide bonds. The number of rotatable bonds is 5. The van der Waals surface area contributed by atoms with Gasteiger partial charge >= 0.3 is 0 Å². The lowest BCUT2D eigenvalue weighted by Gasteiger charge is -2.21. The Morgan fingerprint density at radius 1 is 0.952 bits per heavy atom. The number of fused-ring (bicyclic) bond motifs is 1. The minimum Gasteiger partial charge on any atom is -0.306 e. The second-order valence-electron chi connectivity index (χ2n) is 5.24. The van der Waals surface area contributed by atoms with E-state index in [-0.39, 0.29) is 6.04 Å². The lowest BCUT2D eigenvalue weighted by atomic mass is 9.94. The summed E-state index contributed by atoms with van der Waals surface area (Å²) in [6, 6.07) is 19.5. The summed E-state index contributed by atoms with van der Waals surface area (Å²) >= 11 is 0. The molecular weight excluding hydrogens is 256 g/mol. The van der Waals surface area contributed by atoms with Gasteiger partial charge in [-0.15, -0.1) is 0 Å². The first-order valence-corrected chi connectivity index (χ1v) is 7.51. The molecule has 0 fully saturated rings. The predicted octanol–water partition coefficient (Wildman–Crippen LogP) is 4.32. The first kappa shape index (κ1) is 13.8. The molecule has 0 aliphatic carbocycles. The van der Waals surface area contributed by atoms with E-state index in [1.165, 1.54) is 21.9 Å². The third-order valence-electron chi connectivity index (χ3n) is 3.77. The molecule has 2 aromatic carbocycles. The molecule has 1 heterocycles. The van der Waals surface area contributed by atoms with E-state index in [1.807, 2.05) is 12.4 Å². The number of nitrogens with zero attached hydrogens (tertiary/aromatic N) is 1. The maximum Gasteiger partial charge on any atom is 0.0583 e. The van der Waals surface area contributed by atoms with Gasteiger partial charge in [-0.1, -0.05) is 49.4 Å². The predicted molar refractivity (Wildman–Crippen MR) is 88.3 cm³/mol. The molecule has 0 aliphatic heterocycles. The Balaban J connectivity index is 2.10. The molecule has 1 unspecified atom stereocenters. The van der Waals surface area contributed by atoms with Gasteiger partial charge in [0.1, 0.15) is 0 Å². The topological polar surface area (TPSA) is 24.9 Å². The van der Waals surface area contributed by atoms with Crippen LogP contribution in [0, 0.1) is 0 Å². The first-order valence-electron chi connectivity index (χ1n) is 7.51. The SMILES string of the molecule is CCCNC(c1ccncc1)c1cccc2ccccc12. The van der Waals surface area contributed by atoms with E-state index in [9.17, 15) is 0 Å². The van der Waals surface area contributed by atoms with Crippen molar-refractivity contribution < 1.29 is 0 Å². The second kappa shape index (κ2) is 6.51. The average Bonchev–Trinajstić information content (AvgIpc) is 2.56. The molecule has 0 bridgehead atoms. The summed E-state index contributed by atoms with van der Waals surface area (Å²) in [6.45, 7) is 3.19. The maximum atomic E-state index is 4.14. The van der Waals surface area contributed by atoms with Crippen LogP contribution in [0.25, 0.3) is 10.8 Å². The summed E-state index contributed by atoms with van der Waals surface area (Å²) in [5.74, 6) is 0. The van der Waals surface area contributed by atoms with Crippen molar-refractivity contribution in [1.82, 2.24) is 10.3 Å². The molecular formula is C19H20N2. The zero-order chi connectivity index (χ0) is 14.5.